The quantitative estimate of drug-likeness (QED) is 0.134. The van der Waals surface area contributed by atoms with Gasteiger partial charge in [0.2, 0.25) is 0 Å². The molecular weight excluding hydrogens is 735 g/mol. The number of rotatable bonds is 10. The zero-order valence-corrected chi connectivity index (χ0v) is 33.8. The first-order valence-electron chi connectivity index (χ1n) is 20.9. The number of hydrogen-bond donors (Lipinski definition) is 0. The van der Waals surface area contributed by atoms with Crippen molar-refractivity contribution in [3.8, 4) is 77.9 Å². The SMILES string of the molecule is c1ccc(-c2ccc(-c3ccccc3N(c3ccc(-c4ccccc4)cc3)c3ccccc3-c3cccc(-c4ccccc4)c3-c3ccccc3-c3ccccc3)cc2)cc1. The Labute approximate surface area is 359 Å². The summed E-state index contributed by atoms with van der Waals surface area (Å²) in [6.45, 7) is 0. The minimum Gasteiger partial charge on any atom is -0.309 e. The molecule has 0 radical (unpaired) electrons. The Hall–Kier alpha value is -8.00. The van der Waals surface area contributed by atoms with Gasteiger partial charge < -0.3 is 4.90 Å². The molecule has 61 heavy (non-hydrogen) atoms. The lowest BCUT2D eigenvalue weighted by atomic mass is 9.84. The molecule has 10 rings (SSSR count). The molecule has 0 fully saturated rings. The first-order valence-corrected chi connectivity index (χ1v) is 20.9. The van der Waals surface area contributed by atoms with Crippen LogP contribution in [0.3, 0.4) is 0 Å². The summed E-state index contributed by atoms with van der Waals surface area (Å²) >= 11 is 0. The molecule has 1 nitrogen and oxygen atoms in total. The highest BCUT2D eigenvalue weighted by molar-refractivity contribution is 6.03. The van der Waals surface area contributed by atoms with Crippen LogP contribution < -0.4 is 4.90 Å². The molecule has 0 heterocycles. The minimum absolute atomic E-state index is 1.07. The molecule has 0 atom stereocenters. The summed E-state index contributed by atoms with van der Waals surface area (Å²) in [4.78, 5) is 2.45. The smallest absolute Gasteiger partial charge is 0.0540 e. The molecule has 0 saturated carbocycles. The van der Waals surface area contributed by atoms with Crippen molar-refractivity contribution in [2.24, 2.45) is 0 Å². The van der Waals surface area contributed by atoms with Gasteiger partial charge in [-0.3, -0.25) is 0 Å². The van der Waals surface area contributed by atoms with Gasteiger partial charge in [0.1, 0.15) is 0 Å². The van der Waals surface area contributed by atoms with Gasteiger partial charge in [-0.15, -0.1) is 0 Å². The van der Waals surface area contributed by atoms with E-state index in [2.05, 4.69) is 266 Å². The molecule has 10 aromatic rings. The molecule has 10 aromatic carbocycles. The van der Waals surface area contributed by atoms with Crippen LogP contribution in [-0.4, -0.2) is 0 Å². The van der Waals surface area contributed by atoms with Gasteiger partial charge >= 0.3 is 0 Å². The van der Waals surface area contributed by atoms with Crippen LogP contribution in [0.2, 0.25) is 0 Å². The summed E-state index contributed by atoms with van der Waals surface area (Å²) in [6.07, 6.45) is 0. The van der Waals surface area contributed by atoms with Gasteiger partial charge in [0.25, 0.3) is 0 Å². The Morgan fingerprint density at radius 2 is 0.508 bits per heavy atom. The van der Waals surface area contributed by atoms with Crippen molar-refractivity contribution >= 4 is 17.1 Å². The van der Waals surface area contributed by atoms with Crippen molar-refractivity contribution in [1.82, 2.24) is 0 Å². The van der Waals surface area contributed by atoms with E-state index in [0.717, 1.165) is 39.3 Å². The van der Waals surface area contributed by atoms with Gasteiger partial charge in [-0.05, 0) is 91.0 Å². The molecule has 0 spiro atoms. The molecule has 1 heteroatoms. The lowest BCUT2D eigenvalue weighted by molar-refractivity contribution is 1.28. The fourth-order valence-corrected chi connectivity index (χ4v) is 8.62. The summed E-state index contributed by atoms with van der Waals surface area (Å²) in [7, 11) is 0. The molecule has 0 aliphatic carbocycles. The molecule has 0 saturated heterocycles. The molecule has 288 valence electrons. The highest BCUT2D eigenvalue weighted by Gasteiger charge is 2.24. The predicted molar refractivity (Wildman–Crippen MR) is 259 cm³/mol. The second kappa shape index (κ2) is 17.1. The molecule has 0 aliphatic rings. The lowest BCUT2D eigenvalue weighted by Crippen LogP contribution is -2.12. The van der Waals surface area contributed by atoms with Crippen LogP contribution in [-0.2, 0) is 0 Å². The van der Waals surface area contributed by atoms with Gasteiger partial charge in [0.05, 0.1) is 11.4 Å². The predicted octanol–water partition coefficient (Wildman–Crippen LogP) is 16.8. The molecule has 0 bridgehead atoms. The van der Waals surface area contributed by atoms with E-state index in [4.69, 9.17) is 0 Å². The molecule has 0 amide bonds. The van der Waals surface area contributed by atoms with Crippen LogP contribution in [0.4, 0.5) is 17.1 Å². The van der Waals surface area contributed by atoms with Gasteiger partial charge in [0, 0.05) is 16.8 Å². The lowest BCUT2D eigenvalue weighted by Gasteiger charge is -2.31. The van der Waals surface area contributed by atoms with Crippen LogP contribution in [0.5, 0.6) is 0 Å². The molecule has 0 aromatic heterocycles. The Kier molecular flexibility index (Phi) is 10.4. The van der Waals surface area contributed by atoms with E-state index >= 15 is 0 Å². The number of anilines is 3. The number of para-hydroxylation sites is 2. The van der Waals surface area contributed by atoms with E-state index in [1.54, 1.807) is 0 Å². The average molecular weight is 778 g/mol. The average Bonchev–Trinajstić information content (AvgIpc) is 3.35. The van der Waals surface area contributed by atoms with Crippen molar-refractivity contribution < 1.29 is 0 Å². The van der Waals surface area contributed by atoms with E-state index in [0.29, 0.717) is 0 Å². The minimum atomic E-state index is 1.07. The van der Waals surface area contributed by atoms with Crippen LogP contribution in [0, 0.1) is 0 Å². The topological polar surface area (TPSA) is 3.24 Å². The highest BCUT2D eigenvalue weighted by atomic mass is 15.1. The van der Waals surface area contributed by atoms with Crippen molar-refractivity contribution in [2.45, 2.75) is 0 Å². The molecular formula is C60H43N. The zero-order chi connectivity index (χ0) is 40.8. The third kappa shape index (κ3) is 7.58. The van der Waals surface area contributed by atoms with Crippen molar-refractivity contribution in [3.05, 3.63) is 261 Å². The third-order valence-corrected chi connectivity index (χ3v) is 11.5. The van der Waals surface area contributed by atoms with Gasteiger partial charge in [-0.2, -0.15) is 0 Å². The Balaban J connectivity index is 1.20. The zero-order valence-electron chi connectivity index (χ0n) is 33.8. The monoisotopic (exact) mass is 777 g/mol. The highest BCUT2D eigenvalue weighted by Crippen LogP contribution is 2.49. The largest absolute Gasteiger partial charge is 0.309 e. The Morgan fingerprint density at radius 3 is 1.07 bits per heavy atom. The van der Waals surface area contributed by atoms with Crippen molar-refractivity contribution in [1.29, 1.82) is 0 Å². The molecule has 0 N–H and O–H groups in total. The summed E-state index contributed by atoms with van der Waals surface area (Å²) in [5.74, 6) is 0. The summed E-state index contributed by atoms with van der Waals surface area (Å²) < 4.78 is 0. The van der Waals surface area contributed by atoms with E-state index in [1.165, 1.54) is 55.6 Å². The van der Waals surface area contributed by atoms with E-state index < -0.39 is 0 Å². The van der Waals surface area contributed by atoms with E-state index in [9.17, 15) is 0 Å². The van der Waals surface area contributed by atoms with Gasteiger partial charge in [0.15, 0.2) is 0 Å². The standard InChI is InChI=1S/C60H43N/c1-5-20-44(21-6-1)46-36-38-50(39-37-46)53-29-15-17-34-58(53)61(51-42-40-47(41-43-51)45-22-7-2-8-23-45)59-35-18-16-30-55(59)57-33-19-32-54(49-26-11-4-12-27-49)60(57)56-31-14-13-28-52(56)48-24-9-3-10-25-48/h1-43H. The summed E-state index contributed by atoms with van der Waals surface area (Å²) in [6, 6.07) is 94.1. The Bertz CT molecular complexity index is 3030. The second-order valence-electron chi connectivity index (χ2n) is 15.2. The van der Waals surface area contributed by atoms with Crippen molar-refractivity contribution in [3.63, 3.8) is 0 Å². The van der Waals surface area contributed by atoms with Crippen LogP contribution in [0.15, 0.2) is 261 Å². The number of benzene rings is 10. The van der Waals surface area contributed by atoms with Crippen LogP contribution in [0.1, 0.15) is 0 Å². The van der Waals surface area contributed by atoms with Gasteiger partial charge in [-0.1, -0.05) is 237 Å². The van der Waals surface area contributed by atoms with E-state index in [-0.39, 0.29) is 0 Å². The Morgan fingerprint density at radius 1 is 0.180 bits per heavy atom. The maximum atomic E-state index is 2.45. The van der Waals surface area contributed by atoms with Gasteiger partial charge in [-0.25, -0.2) is 0 Å². The first-order chi connectivity index (χ1) is 30.3. The van der Waals surface area contributed by atoms with E-state index in [1.807, 2.05) is 0 Å². The maximum absolute atomic E-state index is 2.45. The van der Waals surface area contributed by atoms with Crippen LogP contribution in [0.25, 0.3) is 77.9 Å². The summed E-state index contributed by atoms with van der Waals surface area (Å²) in [5, 5.41) is 0. The molecule has 0 unspecified atom stereocenters. The maximum Gasteiger partial charge on any atom is 0.0540 e. The fraction of sp³-hybridized carbons (Fsp3) is 0. The van der Waals surface area contributed by atoms with Crippen molar-refractivity contribution in [2.75, 3.05) is 4.90 Å². The number of hydrogen-bond acceptors (Lipinski definition) is 1. The third-order valence-electron chi connectivity index (χ3n) is 11.5. The molecule has 0 aliphatic heterocycles. The normalized spacial score (nSPS) is 11.0. The van der Waals surface area contributed by atoms with Crippen LogP contribution >= 0.6 is 0 Å². The second-order valence-corrected chi connectivity index (χ2v) is 15.2. The first kappa shape index (κ1) is 37.3. The summed E-state index contributed by atoms with van der Waals surface area (Å²) in [5.41, 5.74) is 19.8. The fourth-order valence-electron chi connectivity index (χ4n) is 8.62. The number of nitrogens with zero attached hydrogens (tertiary/aromatic N) is 1.